The van der Waals surface area contributed by atoms with Crippen LogP contribution in [0.2, 0.25) is 18.1 Å². The quantitative estimate of drug-likeness (QED) is 0.762. The molecule has 2 N–H and O–H groups in total. The van der Waals surface area contributed by atoms with Gasteiger partial charge in [0.2, 0.25) is 0 Å². The smallest absolute Gasteiger partial charge is 0.192 e. The third-order valence-electron chi connectivity index (χ3n) is 5.94. The van der Waals surface area contributed by atoms with E-state index in [0.717, 1.165) is 5.56 Å². The second-order valence-electron chi connectivity index (χ2n) is 8.91. The fourth-order valence-corrected chi connectivity index (χ4v) is 4.59. The Morgan fingerprint density at radius 3 is 2.41 bits per heavy atom. The summed E-state index contributed by atoms with van der Waals surface area (Å²) < 4.78 is 24.3. The zero-order chi connectivity index (χ0) is 19.8. The minimum Gasteiger partial charge on any atom is -0.408 e. The maximum atomic E-state index is 11.1. The third-order valence-corrected chi connectivity index (χ3v) is 10.4. The van der Waals surface area contributed by atoms with Crippen LogP contribution in [0.25, 0.3) is 0 Å². The summed E-state index contributed by atoms with van der Waals surface area (Å²) in [5.74, 6) is 0. The van der Waals surface area contributed by atoms with Crippen molar-refractivity contribution in [1.82, 2.24) is 0 Å². The van der Waals surface area contributed by atoms with Crippen LogP contribution in [0.4, 0.5) is 0 Å². The van der Waals surface area contributed by atoms with Crippen LogP contribution >= 0.6 is 0 Å². The summed E-state index contributed by atoms with van der Waals surface area (Å²) in [5.41, 5.74) is 0.897. The molecule has 2 aliphatic rings. The van der Waals surface area contributed by atoms with Gasteiger partial charge in [0.25, 0.3) is 0 Å². The first kappa shape index (κ1) is 20.9. The largest absolute Gasteiger partial charge is 0.408 e. The van der Waals surface area contributed by atoms with Gasteiger partial charge in [0.05, 0.1) is 13.2 Å². The van der Waals surface area contributed by atoms with Gasteiger partial charge in [-0.25, -0.2) is 0 Å². The Hall–Kier alpha value is -0.803. The molecule has 7 heteroatoms. The molecule has 3 rings (SSSR count). The first-order chi connectivity index (χ1) is 12.6. The molecule has 0 saturated carbocycles. The summed E-state index contributed by atoms with van der Waals surface area (Å²) in [6, 6.07) is 9.64. The van der Waals surface area contributed by atoms with Crippen LogP contribution in [0, 0.1) is 0 Å². The van der Waals surface area contributed by atoms with Crippen molar-refractivity contribution < 1.29 is 28.8 Å². The van der Waals surface area contributed by atoms with E-state index in [2.05, 4.69) is 33.9 Å². The molecule has 2 fully saturated rings. The van der Waals surface area contributed by atoms with Crippen molar-refractivity contribution in [3.05, 3.63) is 35.9 Å². The molecular weight excluding hydrogens is 364 g/mol. The molecule has 0 amide bonds. The van der Waals surface area contributed by atoms with Crippen LogP contribution in [-0.4, -0.2) is 62.3 Å². The van der Waals surface area contributed by atoms with Crippen LogP contribution in [0.15, 0.2) is 30.3 Å². The van der Waals surface area contributed by atoms with Crippen LogP contribution in [-0.2, 0) is 18.6 Å². The van der Waals surface area contributed by atoms with Crippen molar-refractivity contribution in [2.45, 2.75) is 75.7 Å². The summed E-state index contributed by atoms with van der Waals surface area (Å²) in [4.78, 5) is 0. The predicted molar refractivity (Wildman–Crippen MR) is 104 cm³/mol. The minimum atomic E-state index is -2.17. The average molecular weight is 397 g/mol. The van der Waals surface area contributed by atoms with Gasteiger partial charge in [0, 0.05) is 5.56 Å². The molecule has 27 heavy (non-hydrogen) atoms. The fraction of sp³-hybridized carbons (Fsp3) is 0.700. The minimum absolute atomic E-state index is 0.0211. The number of rotatable bonds is 4. The molecule has 0 aromatic heterocycles. The average Bonchev–Trinajstić information content (AvgIpc) is 2.63. The van der Waals surface area contributed by atoms with Gasteiger partial charge in [-0.05, 0) is 18.1 Å². The van der Waals surface area contributed by atoms with Gasteiger partial charge in [-0.3, -0.25) is 0 Å². The lowest BCUT2D eigenvalue weighted by atomic mass is 9.94. The predicted octanol–water partition coefficient (Wildman–Crippen LogP) is 2.61. The van der Waals surface area contributed by atoms with Crippen molar-refractivity contribution in [3.63, 3.8) is 0 Å². The van der Waals surface area contributed by atoms with E-state index in [-0.39, 0.29) is 11.6 Å². The molecular formula is C20H32O6Si. The molecule has 1 aromatic rings. The summed E-state index contributed by atoms with van der Waals surface area (Å²) in [7, 11) is -2.17. The number of hydrogen-bond donors (Lipinski definition) is 2. The molecule has 0 aliphatic carbocycles. The van der Waals surface area contributed by atoms with E-state index in [1.165, 1.54) is 0 Å². The van der Waals surface area contributed by atoms with Gasteiger partial charge in [0.15, 0.2) is 14.6 Å². The maximum absolute atomic E-state index is 11.1. The van der Waals surface area contributed by atoms with E-state index in [1.807, 2.05) is 30.3 Å². The summed E-state index contributed by atoms with van der Waals surface area (Å²) in [5, 5.41) is 20.9. The SMILES string of the molecule is CC(C)(C)[Si](C)(C)O[C@H]1[C@@H](O)[C@H]2O[C@@H](c3ccccc3)OC[C@@H]2O[C@@H]1CO. The Kier molecular flexibility index (Phi) is 6.13. The second-order valence-corrected chi connectivity index (χ2v) is 13.7. The maximum Gasteiger partial charge on any atom is 0.192 e. The zero-order valence-electron chi connectivity index (χ0n) is 16.8. The fourth-order valence-electron chi connectivity index (χ4n) is 3.27. The van der Waals surface area contributed by atoms with Gasteiger partial charge in [-0.15, -0.1) is 0 Å². The van der Waals surface area contributed by atoms with Crippen LogP contribution < -0.4 is 0 Å². The standard InChI is InChI=1S/C20H32O6Si/c1-20(2,3)27(4,5)26-18-14(11-21)24-15-12-23-19(25-17(15)16(18)22)13-9-7-6-8-10-13/h6-10,14-19,21-22H,11-12H2,1-5H3/t14-,15+,16+,17+,18-,19+/m1/s1. The number of benzene rings is 1. The van der Waals surface area contributed by atoms with Crippen LogP contribution in [0.5, 0.6) is 0 Å². The number of ether oxygens (including phenoxy) is 3. The van der Waals surface area contributed by atoms with Crippen molar-refractivity contribution in [2.24, 2.45) is 0 Å². The van der Waals surface area contributed by atoms with Gasteiger partial charge < -0.3 is 28.8 Å². The first-order valence-electron chi connectivity index (χ1n) is 9.58. The molecule has 6 atom stereocenters. The summed E-state index contributed by atoms with van der Waals surface area (Å²) in [6.07, 6.45) is -3.68. The van der Waals surface area contributed by atoms with Crippen LogP contribution in [0.1, 0.15) is 32.6 Å². The van der Waals surface area contributed by atoms with Crippen molar-refractivity contribution in [3.8, 4) is 0 Å². The van der Waals surface area contributed by atoms with Crippen molar-refractivity contribution in [1.29, 1.82) is 0 Å². The van der Waals surface area contributed by atoms with Gasteiger partial charge in [-0.2, -0.15) is 0 Å². The van der Waals surface area contributed by atoms with Crippen molar-refractivity contribution in [2.75, 3.05) is 13.2 Å². The molecule has 2 aliphatic heterocycles. The van der Waals surface area contributed by atoms with E-state index in [9.17, 15) is 10.2 Å². The first-order valence-corrected chi connectivity index (χ1v) is 12.5. The summed E-state index contributed by atoms with van der Waals surface area (Å²) >= 11 is 0. The Bertz CT molecular complexity index is 617. The van der Waals surface area contributed by atoms with Crippen molar-refractivity contribution >= 4 is 8.32 Å². The zero-order valence-corrected chi connectivity index (χ0v) is 17.8. The molecule has 152 valence electrons. The second kappa shape index (κ2) is 7.91. The molecule has 1 aromatic carbocycles. The molecule has 6 nitrogen and oxygen atoms in total. The lowest BCUT2D eigenvalue weighted by Gasteiger charge is -2.50. The van der Waals surface area contributed by atoms with E-state index in [0.29, 0.717) is 6.61 Å². The molecule has 2 heterocycles. The Morgan fingerprint density at radius 1 is 1.15 bits per heavy atom. The van der Waals surface area contributed by atoms with E-state index < -0.39 is 45.1 Å². The highest BCUT2D eigenvalue weighted by atomic mass is 28.4. The Balaban J connectivity index is 1.78. The Labute approximate surface area is 162 Å². The van der Waals surface area contributed by atoms with E-state index >= 15 is 0 Å². The molecule has 0 spiro atoms. The number of hydrogen-bond acceptors (Lipinski definition) is 6. The van der Waals surface area contributed by atoms with Crippen LogP contribution in [0.3, 0.4) is 0 Å². The van der Waals surface area contributed by atoms with Gasteiger partial charge in [0.1, 0.15) is 30.5 Å². The normalized spacial score (nSPS) is 34.9. The third kappa shape index (κ3) is 4.29. The van der Waals surface area contributed by atoms with E-state index in [4.69, 9.17) is 18.6 Å². The topological polar surface area (TPSA) is 77.4 Å². The molecule has 0 radical (unpaired) electrons. The number of fused-ring (bicyclic) bond motifs is 1. The lowest BCUT2D eigenvalue weighted by Crippen LogP contribution is -2.65. The van der Waals surface area contributed by atoms with Gasteiger partial charge in [-0.1, -0.05) is 51.1 Å². The monoisotopic (exact) mass is 396 g/mol. The highest BCUT2D eigenvalue weighted by Gasteiger charge is 2.52. The summed E-state index contributed by atoms with van der Waals surface area (Å²) in [6.45, 7) is 10.7. The van der Waals surface area contributed by atoms with E-state index in [1.54, 1.807) is 0 Å². The van der Waals surface area contributed by atoms with Gasteiger partial charge >= 0.3 is 0 Å². The number of aliphatic hydroxyl groups excluding tert-OH is 2. The molecule has 2 saturated heterocycles. The highest BCUT2D eigenvalue weighted by molar-refractivity contribution is 6.74. The molecule has 0 bridgehead atoms. The molecule has 0 unspecified atom stereocenters. The highest BCUT2D eigenvalue weighted by Crippen LogP contribution is 2.41. The lowest BCUT2D eigenvalue weighted by molar-refractivity contribution is -0.328. The Morgan fingerprint density at radius 2 is 1.81 bits per heavy atom. The number of aliphatic hydroxyl groups is 2.